The van der Waals surface area contributed by atoms with Gasteiger partial charge in [0.1, 0.15) is 0 Å². The van der Waals surface area contributed by atoms with Gasteiger partial charge in [-0.05, 0) is 39.0 Å². The lowest BCUT2D eigenvalue weighted by Gasteiger charge is -2.23. The minimum Gasteiger partial charge on any atom is -0.336 e. The fourth-order valence-electron chi connectivity index (χ4n) is 2.29. The fourth-order valence-corrected chi connectivity index (χ4v) is 2.29. The van der Waals surface area contributed by atoms with Crippen molar-refractivity contribution in [1.82, 2.24) is 4.90 Å². The molecular formula is C16H25NO. The smallest absolute Gasteiger partial charge is 0.220 e. The normalized spacial score (nSPS) is 20.3. The van der Waals surface area contributed by atoms with Crippen molar-refractivity contribution in [2.45, 2.75) is 40.0 Å². The third kappa shape index (κ3) is 4.52. The summed E-state index contributed by atoms with van der Waals surface area (Å²) in [6.07, 6.45) is 9.92. The van der Waals surface area contributed by atoms with Crippen molar-refractivity contribution in [2.75, 3.05) is 13.1 Å². The minimum absolute atomic E-state index is 0.110. The standard InChI is InChI=1S/C16H25NO/c1-5-11-17(15(4)18)12-10-14(3)16-8-6-13(2)7-9-16/h5-6,10,16H,1,7-9,11-12H2,2-4H3. The number of carbonyl (C=O) groups is 1. The van der Waals surface area contributed by atoms with Gasteiger partial charge in [0, 0.05) is 20.0 Å². The van der Waals surface area contributed by atoms with Crippen LogP contribution in [0.2, 0.25) is 0 Å². The lowest BCUT2D eigenvalue weighted by molar-refractivity contribution is -0.127. The first-order valence-electron chi connectivity index (χ1n) is 6.73. The Labute approximate surface area is 111 Å². The molecule has 0 N–H and O–H groups in total. The number of hydrogen-bond donors (Lipinski definition) is 0. The van der Waals surface area contributed by atoms with Crippen LogP contribution in [0.15, 0.2) is 36.0 Å². The van der Waals surface area contributed by atoms with E-state index >= 15 is 0 Å². The maximum absolute atomic E-state index is 11.4. The SMILES string of the molecule is C=CCN(CC=C(C)C1CC=C(C)CC1)C(C)=O. The fraction of sp³-hybridized carbons (Fsp3) is 0.562. The Hall–Kier alpha value is -1.31. The molecule has 0 saturated heterocycles. The molecule has 0 fully saturated rings. The van der Waals surface area contributed by atoms with Gasteiger partial charge in [0.15, 0.2) is 0 Å². The minimum atomic E-state index is 0.110. The molecule has 0 aromatic carbocycles. The van der Waals surface area contributed by atoms with Crippen molar-refractivity contribution in [3.05, 3.63) is 36.0 Å². The van der Waals surface area contributed by atoms with Gasteiger partial charge in [-0.15, -0.1) is 6.58 Å². The second kappa shape index (κ2) is 7.20. The van der Waals surface area contributed by atoms with Crippen LogP contribution in [0.5, 0.6) is 0 Å². The highest BCUT2D eigenvalue weighted by atomic mass is 16.2. The number of rotatable bonds is 5. The zero-order valence-corrected chi connectivity index (χ0v) is 11.9. The quantitative estimate of drug-likeness (QED) is 0.678. The Kier molecular flexibility index (Phi) is 5.90. The number of nitrogens with zero attached hydrogens (tertiary/aromatic N) is 1. The molecule has 1 unspecified atom stereocenters. The first-order chi connectivity index (χ1) is 8.54. The van der Waals surface area contributed by atoms with Crippen molar-refractivity contribution < 1.29 is 4.79 Å². The summed E-state index contributed by atoms with van der Waals surface area (Å²) in [7, 11) is 0. The van der Waals surface area contributed by atoms with Crippen molar-refractivity contribution in [3.63, 3.8) is 0 Å². The Bertz CT molecular complexity index is 365. The molecule has 0 aliphatic heterocycles. The van der Waals surface area contributed by atoms with Crippen LogP contribution in [-0.2, 0) is 4.79 Å². The van der Waals surface area contributed by atoms with Gasteiger partial charge in [-0.3, -0.25) is 4.79 Å². The maximum atomic E-state index is 11.4. The molecule has 1 aliphatic carbocycles. The molecule has 0 saturated carbocycles. The summed E-state index contributed by atoms with van der Waals surface area (Å²) in [6, 6.07) is 0. The van der Waals surface area contributed by atoms with E-state index in [1.165, 1.54) is 24.0 Å². The number of amides is 1. The largest absolute Gasteiger partial charge is 0.336 e. The monoisotopic (exact) mass is 247 g/mol. The van der Waals surface area contributed by atoms with E-state index in [4.69, 9.17) is 0 Å². The summed E-state index contributed by atoms with van der Waals surface area (Å²) in [5, 5.41) is 0. The first-order valence-corrected chi connectivity index (χ1v) is 6.73. The highest BCUT2D eigenvalue weighted by Crippen LogP contribution is 2.28. The summed E-state index contributed by atoms with van der Waals surface area (Å²) < 4.78 is 0. The van der Waals surface area contributed by atoms with Crippen LogP contribution in [-0.4, -0.2) is 23.9 Å². The van der Waals surface area contributed by atoms with E-state index in [9.17, 15) is 4.79 Å². The number of hydrogen-bond acceptors (Lipinski definition) is 1. The molecule has 0 aromatic rings. The van der Waals surface area contributed by atoms with Gasteiger partial charge in [-0.1, -0.05) is 29.4 Å². The highest BCUT2D eigenvalue weighted by molar-refractivity contribution is 5.73. The molecule has 0 spiro atoms. The highest BCUT2D eigenvalue weighted by Gasteiger charge is 2.14. The molecule has 2 nitrogen and oxygen atoms in total. The maximum Gasteiger partial charge on any atom is 0.220 e. The Morgan fingerprint density at radius 2 is 2.22 bits per heavy atom. The topological polar surface area (TPSA) is 20.3 Å². The molecule has 1 rings (SSSR count). The Morgan fingerprint density at radius 3 is 2.72 bits per heavy atom. The molecule has 100 valence electrons. The van der Waals surface area contributed by atoms with Crippen LogP contribution in [0.3, 0.4) is 0 Å². The summed E-state index contributed by atoms with van der Waals surface area (Å²) in [6.45, 7) is 11.0. The molecule has 2 heteroatoms. The molecule has 18 heavy (non-hydrogen) atoms. The molecule has 0 heterocycles. The molecule has 0 aromatic heterocycles. The van der Waals surface area contributed by atoms with Gasteiger partial charge in [-0.2, -0.15) is 0 Å². The van der Waals surface area contributed by atoms with Crippen LogP contribution in [0.1, 0.15) is 40.0 Å². The average molecular weight is 247 g/mol. The summed E-state index contributed by atoms with van der Waals surface area (Å²) in [5.41, 5.74) is 2.92. The molecule has 0 radical (unpaired) electrons. The van der Waals surface area contributed by atoms with Crippen molar-refractivity contribution >= 4 is 5.91 Å². The van der Waals surface area contributed by atoms with E-state index < -0.39 is 0 Å². The van der Waals surface area contributed by atoms with Crippen LogP contribution < -0.4 is 0 Å². The predicted molar refractivity (Wildman–Crippen MR) is 77.3 cm³/mol. The summed E-state index contributed by atoms with van der Waals surface area (Å²) in [5.74, 6) is 0.768. The van der Waals surface area contributed by atoms with E-state index in [0.717, 1.165) is 6.42 Å². The lowest BCUT2D eigenvalue weighted by atomic mass is 9.85. The molecular weight excluding hydrogens is 222 g/mol. The summed E-state index contributed by atoms with van der Waals surface area (Å²) >= 11 is 0. The molecule has 1 atom stereocenters. The van der Waals surface area contributed by atoms with E-state index in [1.54, 1.807) is 17.9 Å². The van der Waals surface area contributed by atoms with E-state index in [1.807, 2.05) is 0 Å². The van der Waals surface area contributed by atoms with Crippen LogP contribution in [0.4, 0.5) is 0 Å². The lowest BCUT2D eigenvalue weighted by Crippen LogP contribution is -2.29. The predicted octanol–water partition coefficient (Wildman–Crippen LogP) is 3.71. The zero-order valence-electron chi connectivity index (χ0n) is 11.9. The Morgan fingerprint density at radius 1 is 1.50 bits per heavy atom. The number of allylic oxidation sites excluding steroid dienone is 3. The van der Waals surface area contributed by atoms with Gasteiger partial charge in [0.2, 0.25) is 5.91 Å². The van der Waals surface area contributed by atoms with Gasteiger partial charge in [-0.25, -0.2) is 0 Å². The van der Waals surface area contributed by atoms with Gasteiger partial charge in [0.25, 0.3) is 0 Å². The van der Waals surface area contributed by atoms with E-state index in [2.05, 4.69) is 32.6 Å². The molecule has 0 bridgehead atoms. The van der Waals surface area contributed by atoms with E-state index in [0.29, 0.717) is 19.0 Å². The Balaban J connectivity index is 2.55. The van der Waals surface area contributed by atoms with Crippen molar-refractivity contribution in [3.8, 4) is 0 Å². The van der Waals surface area contributed by atoms with Crippen LogP contribution in [0, 0.1) is 5.92 Å². The van der Waals surface area contributed by atoms with Gasteiger partial charge >= 0.3 is 0 Å². The van der Waals surface area contributed by atoms with Crippen molar-refractivity contribution in [2.24, 2.45) is 5.92 Å². The first kappa shape index (κ1) is 14.7. The number of carbonyl (C=O) groups excluding carboxylic acids is 1. The van der Waals surface area contributed by atoms with Crippen molar-refractivity contribution in [1.29, 1.82) is 0 Å². The third-order valence-electron chi connectivity index (χ3n) is 3.71. The van der Waals surface area contributed by atoms with Crippen LogP contribution in [0.25, 0.3) is 0 Å². The van der Waals surface area contributed by atoms with Gasteiger partial charge in [0.05, 0.1) is 0 Å². The third-order valence-corrected chi connectivity index (χ3v) is 3.71. The van der Waals surface area contributed by atoms with Gasteiger partial charge < -0.3 is 4.90 Å². The molecule has 1 amide bonds. The molecule has 1 aliphatic rings. The van der Waals surface area contributed by atoms with Crippen LogP contribution >= 0.6 is 0 Å². The van der Waals surface area contributed by atoms with E-state index in [-0.39, 0.29) is 5.91 Å². The average Bonchev–Trinajstić information content (AvgIpc) is 2.34. The second-order valence-corrected chi connectivity index (χ2v) is 5.18. The summed E-state index contributed by atoms with van der Waals surface area (Å²) in [4.78, 5) is 13.2. The zero-order chi connectivity index (χ0) is 13.5. The second-order valence-electron chi connectivity index (χ2n) is 5.18.